The lowest BCUT2D eigenvalue weighted by molar-refractivity contribution is -0.136. The van der Waals surface area contributed by atoms with Crippen LogP contribution in [0.3, 0.4) is 0 Å². The van der Waals surface area contributed by atoms with Gasteiger partial charge >= 0.3 is 5.97 Å². The highest BCUT2D eigenvalue weighted by Gasteiger charge is 2.15. The van der Waals surface area contributed by atoms with E-state index in [1.54, 1.807) is 0 Å². The van der Waals surface area contributed by atoms with E-state index in [0.29, 0.717) is 17.4 Å². The van der Waals surface area contributed by atoms with Crippen LogP contribution in [0.5, 0.6) is 11.5 Å². The van der Waals surface area contributed by atoms with Gasteiger partial charge in [0.05, 0.1) is 0 Å². The minimum absolute atomic E-state index is 0.0944. The van der Waals surface area contributed by atoms with E-state index in [1.165, 1.54) is 5.56 Å². The Hall–Kier alpha value is -2.29. The molecule has 134 valence electrons. The third-order valence-electron chi connectivity index (χ3n) is 4.36. The van der Waals surface area contributed by atoms with E-state index < -0.39 is 5.97 Å². The van der Waals surface area contributed by atoms with Crippen LogP contribution >= 0.6 is 0 Å². The molecule has 0 heterocycles. The zero-order valence-corrected chi connectivity index (χ0v) is 15.8. The summed E-state index contributed by atoms with van der Waals surface area (Å²) in [4.78, 5) is 12.1. The Bertz CT molecular complexity index is 696. The fourth-order valence-corrected chi connectivity index (χ4v) is 2.55. The van der Waals surface area contributed by atoms with Crippen molar-refractivity contribution in [2.45, 2.75) is 52.4 Å². The first-order valence-electron chi connectivity index (χ1n) is 8.84. The smallest absolute Gasteiger partial charge is 0.349 e. The second kappa shape index (κ2) is 8.19. The summed E-state index contributed by atoms with van der Waals surface area (Å²) in [7, 11) is 0. The number of carbonyl (C=O) groups is 1. The molecule has 2 rings (SSSR count). The van der Waals surface area contributed by atoms with E-state index in [0.717, 1.165) is 12.0 Å². The summed E-state index contributed by atoms with van der Waals surface area (Å²) in [5, 5.41) is 0. The molecule has 2 aromatic rings. The lowest BCUT2D eigenvalue weighted by atomic mass is 9.87. The number of benzene rings is 2. The van der Waals surface area contributed by atoms with Crippen LogP contribution < -0.4 is 9.47 Å². The Labute approximate surface area is 151 Å². The predicted molar refractivity (Wildman–Crippen MR) is 101 cm³/mol. The fourth-order valence-electron chi connectivity index (χ4n) is 2.55. The molecular weight excluding hydrogens is 312 g/mol. The van der Waals surface area contributed by atoms with Gasteiger partial charge in [-0.05, 0) is 47.1 Å². The van der Waals surface area contributed by atoms with Crippen molar-refractivity contribution >= 4 is 5.97 Å². The number of carbonyl (C=O) groups excluding carboxylic acids is 1. The van der Waals surface area contributed by atoms with E-state index in [-0.39, 0.29) is 12.0 Å². The van der Waals surface area contributed by atoms with Crippen molar-refractivity contribution in [3.63, 3.8) is 0 Å². The van der Waals surface area contributed by atoms with E-state index in [4.69, 9.17) is 9.47 Å². The number of rotatable bonds is 6. The summed E-state index contributed by atoms with van der Waals surface area (Å²) in [5.74, 6) is 1.24. The van der Waals surface area contributed by atoms with Gasteiger partial charge in [0.1, 0.15) is 11.5 Å². The minimum atomic E-state index is -0.393. The maximum atomic E-state index is 12.1. The van der Waals surface area contributed by atoms with Gasteiger partial charge in [-0.25, -0.2) is 4.79 Å². The predicted octanol–water partition coefficient (Wildman–Crippen LogP) is 5.48. The fraction of sp³-hybridized carbons (Fsp3) is 0.409. The average Bonchev–Trinajstić information content (AvgIpc) is 2.59. The van der Waals surface area contributed by atoms with E-state index in [2.05, 4.69) is 34.6 Å². The topological polar surface area (TPSA) is 35.5 Å². The highest BCUT2D eigenvalue weighted by molar-refractivity contribution is 5.74. The quantitative estimate of drug-likeness (QED) is 0.516. The van der Waals surface area contributed by atoms with Crippen molar-refractivity contribution in [1.82, 2.24) is 0 Å². The van der Waals surface area contributed by atoms with Crippen molar-refractivity contribution in [1.29, 1.82) is 0 Å². The first-order valence-corrected chi connectivity index (χ1v) is 8.84. The second-order valence-electron chi connectivity index (χ2n) is 7.38. The van der Waals surface area contributed by atoms with Gasteiger partial charge in [0.15, 0.2) is 6.61 Å². The van der Waals surface area contributed by atoms with Gasteiger partial charge in [0, 0.05) is 0 Å². The summed E-state index contributed by atoms with van der Waals surface area (Å²) in [6.45, 7) is 10.6. The number of ether oxygens (including phenoxy) is 2. The van der Waals surface area contributed by atoms with Gasteiger partial charge in [0.25, 0.3) is 0 Å². The van der Waals surface area contributed by atoms with Crippen molar-refractivity contribution in [2.75, 3.05) is 6.61 Å². The highest BCUT2D eigenvalue weighted by Crippen LogP contribution is 2.28. The third kappa shape index (κ3) is 5.35. The van der Waals surface area contributed by atoms with Crippen molar-refractivity contribution < 1.29 is 14.3 Å². The van der Waals surface area contributed by atoms with Crippen LogP contribution in [0.1, 0.15) is 58.1 Å². The van der Waals surface area contributed by atoms with Crippen LogP contribution in [-0.4, -0.2) is 12.6 Å². The molecule has 0 aliphatic carbocycles. The molecule has 1 unspecified atom stereocenters. The van der Waals surface area contributed by atoms with Gasteiger partial charge in [-0.15, -0.1) is 0 Å². The summed E-state index contributed by atoms with van der Waals surface area (Å²) >= 11 is 0. The molecule has 1 atom stereocenters. The van der Waals surface area contributed by atoms with Gasteiger partial charge in [-0.1, -0.05) is 65.0 Å². The summed E-state index contributed by atoms with van der Waals surface area (Å²) in [6, 6.07) is 15.5. The number of esters is 1. The molecule has 2 aromatic carbocycles. The standard InChI is InChI=1S/C22H28O3/c1-6-16(2)19-9-7-8-10-20(19)25-21(23)15-24-18-13-11-17(12-14-18)22(3,4)5/h7-14,16H,6,15H2,1-5H3. The van der Waals surface area contributed by atoms with Crippen LogP contribution in [0.4, 0.5) is 0 Å². The molecule has 0 aliphatic rings. The lowest BCUT2D eigenvalue weighted by Gasteiger charge is -2.19. The van der Waals surface area contributed by atoms with Crippen LogP contribution in [0.15, 0.2) is 48.5 Å². The molecule has 0 bridgehead atoms. The first kappa shape index (κ1) is 19.0. The average molecular weight is 340 g/mol. The lowest BCUT2D eigenvalue weighted by Crippen LogP contribution is -2.18. The van der Waals surface area contributed by atoms with Gasteiger partial charge in [-0.2, -0.15) is 0 Å². The van der Waals surface area contributed by atoms with E-state index in [9.17, 15) is 4.79 Å². The van der Waals surface area contributed by atoms with Crippen LogP contribution in [-0.2, 0) is 10.2 Å². The zero-order chi connectivity index (χ0) is 18.4. The Morgan fingerprint density at radius 3 is 2.28 bits per heavy atom. The summed E-state index contributed by atoms with van der Waals surface area (Å²) in [5.41, 5.74) is 2.37. The molecule has 25 heavy (non-hydrogen) atoms. The summed E-state index contributed by atoms with van der Waals surface area (Å²) in [6.07, 6.45) is 0.991. The van der Waals surface area contributed by atoms with Crippen molar-refractivity contribution in [3.05, 3.63) is 59.7 Å². The monoisotopic (exact) mass is 340 g/mol. The van der Waals surface area contributed by atoms with Crippen LogP contribution in [0.25, 0.3) is 0 Å². The Morgan fingerprint density at radius 2 is 1.68 bits per heavy atom. The van der Waals surface area contributed by atoms with Crippen molar-refractivity contribution in [3.8, 4) is 11.5 Å². The minimum Gasteiger partial charge on any atom is -0.482 e. The van der Waals surface area contributed by atoms with E-state index >= 15 is 0 Å². The molecule has 0 aliphatic heterocycles. The SMILES string of the molecule is CCC(C)c1ccccc1OC(=O)COc1ccc(C(C)(C)C)cc1. The highest BCUT2D eigenvalue weighted by atomic mass is 16.6. The second-order valence-corrected chi connectivity index (χ2v) is 7.38. The molecule has 3 heteroatoms. The first-order chi connectivity index (χ1) is 11.8. The van der Waals surface area contributed by atoms with E-state index in [1.807, 2.05) is 48.5 Å². The molecule has 0 saturated heterocycles. The van der Waals surface area contributed by atoms with Gasteiger partial charge < -0.3 is 9.47 Å². The molecule has 0 aromatic heterocycles. The molecule has 0 fully saturated rings. The number of hydrogen-bond acceptors (Lipinski definition) is 3. The summed E-state index contributed by atoms with van der Waals surface area (Å²) < 4.78 is 11.1. The molecule has 0 N–H and O–H groups in total. The Morgan fingerprint density at radius 1 is 1.04 bits per heavy atom. The number of para-hydroxylation sites is 1. The molecule has 3 nitrogen and oxygen atoms in total. The van der Waals surface area contributed by atoms with Gasteiger partial charge in [0.2, 0.25) is 0 Å². The Balaban J connectivity index is 1.95. The largest absolute Gasteiger partial charge is 0.482 e. The third-order valence-corrected chi connectivity index (χ3v) is 4.36. The molecule has 0 spiro atoms. The number of hydrogen-bond donors (Lipinski definition) is 0. The van der Waals surface area contributed by atoms with Gasteiger partial charge in [-0.3, -0.25) is 0 Å². The maximum Gasteiger partial charge on any atom is 0.349 e. The molecule has 0 amide bonds. The Kier molecular flexibility index (Phi) is 6.24. The maximum absolute atomic E-state index is 12.1. The molecule has 0 radical (unpaired) electrons. The normalized spacial score (nSPS) is 12.5. The van der Waals surface area contributed by atoms with Crippen LogP contribution in [0.2, 0.25) is 0 Å². The zero-order valence-electron chi connectivity index (χ0n) is 15.8. The molecular formula is C22H28O3. The molecule has 0 saturated carbocycles. The van der Waals surface area contributed by atoms with Crippen molar-refractivity contribution in [2.24, 2.45) is 0 Å². The van der Waals surface area contributed by atoms with Crippen LogP contribution in [0, 0.1) is 0 Å².